The quantitative estimate of drug-likeness (QED) is 0.460. The average molecular weight is 521 g/mol. The van der Waals surface area contributed by atoms with Gasteiger partial charge >= 0.3 is 0 Å². The highest BCUT2D eigenvalue weighted by molar-refractivity contribution is 6.38. The van der Waals surface area contributed by atoms with E-state index in [2.05, 4.69) is 20.6 Å². The van der Waals surface area contributed by atoms with E-state index in [4.69, 9.17) is 33.7 Å². The van der Waals surface area contributed by atoms with Crippen LogP contribution in [-0.2, 0) is 0 Å². The smallest absolute Gasteiger partial charge is 0.273 e. The summed E-state index contributed by atoms with van der Waals surface area (Å²) < 4.78 is 6.14. The molecule has 0 aliphatic carbocycles. The normalized spacial score (nSPS) is 12.4. The average Bonchev–Trinajstić information content (AvgIpc) is 2.88. The molecule has 0 spiro atoms. The zero-order chi connectivity index (χ0) is 25.8. The molecule has 0 radical (unpaired) electrons. The molecule has 1 saturated heterocycles. The summed E-state index contributed by atoms with van der Waals surface area (Å²) in [5, 5.41) is 6.12. The summed E-state index contributed by atoms with van der Waals surface area (Å²) in [6.45, 7) is 6.50. The molecule has 0 saturated carbocycles. The van der Waals surface area contributed by atoms with Crippen molar-refractivity contribution >= 4 is 40.6 Å². The number of nitrogens with two attached hydrogens (primary N) is 1. The Morgan fingerprint density at radius 2 is 1.83 bits per heavy atom. The number of benzene rings is 1. The Hall–Kier alpha value is -3.14. The zero-order valence-electron chi connectivity index (χ0n) is 20.0. The largest absolute Gasteiger partial charge is 0.497 e. The molecule has 4 rings (SSSR count). The summed E-state index contributed by atoms with van der Waals surface area (Å²) in [4.78, 5) is 33.3. The number of hydrogen-bond acceptors (Lipinski definition) is 7. The van der Waals surface area contributed by atoms with Crippen molar-refractivity contribution in [2.75, 3.05) is 31.2 Å². The molecule has 1 aliphatic heterocycles. The number of aromatic nitrogens is 3. The Balaban J connectivity index is 0.000000463. The van der Waals surface area contributed by atoms with Crippen molar-refractivity contribution in [1.82, 2.24) is 19.9 Å². The third-order valence-corrected chi connectivity index (χ3v) is 5.40. The van der Waals surface area contributed by atoms with Gasteiger partial charge in [-0.3, -0.25) is 19.1 Å². The number of rotatable bonds is 4. The van der Waals surface area contributed by atoms with Crippen LogP contribution in [0.5, 0.6) is 5.75 Å². The molecule has 35 heavy (non-hydrogen) atoms. The van der Waals surface area contributed by atoms with Gasteiger partial charge in [0.05, 0.1) is 34.7 Å². The molecule has 0 bridgehead atoms. The molecular formula is C24H30Cl2N6O3. The predicted octanol–water partition coefficient (Wildman–Crippen LogP) is 4.56. The van der Waals surface area contributed by atoms with Gasteiger partial charge in [-0.1, -0.05) is 43.5 Å². The summed E-state index contributed by atoms with van der Waals surface area (Å²) >= 11 is 12.5. The predicted molar refractivity (Wildman–Crippen MR) is 141 cm³/mol. The van der Waals surface area contributed by atoms with Gasteiger partial charge < -0.3 is 21.1 Å². The molecule has 1 aliphatic rings. The molecule has 3 heterocycles. The van der Waals surface area contributed by atoms with Gasteiger partial charge in [0.25, 0.3) is 11.5 Å². The Morgan fingerprint density at radius 1 is 1.17 bits per heavy atom. The van der Waals surface area contributed by atoms with Crippen LogP contribution in [0.3, 0.4) is 0 Å². The lowest BCUT2D eigenvalue weighted by atomic mass is 10.2. The molecule has 11 heteroatoms. The molecule has 3 aromatic rings. The van der Waals surface area contributed by atoms with Crippen molar-refractivity contribution in [3.8, 4) is 11.4 Å². The number of amides is 1. The van der Waals surface area contributed by atoms with Gasteiger partial charge in [-0.25, -0.2) is 4.98 Å². The summed E-state index contributed by atoms with van der Waals surface area (Å²) in [5.41, 5.74) is 5.25. The number of carbonyl (C=O) groups excluding carboxylic acids is 1. The topological polar surface area (TPSA) is 124 Å². The lowest BCUT2D eigenvalue weighted by molar-refractivity contribution is 0.102. The van der Waals surface area contributed by atoms with Crippen molar-refractivity contribution in [2.45, 2.75) is 33.1 Å². The number of methoxy groups -OCH3 is 1. The fraction of sp³-hybridized carbons (Fsp3) is 0.333. The van der Waals surface area contributed by atoms with Crippen LogP contribution in [-0.4, -0.2) is 40.6 Å². The minimum absolute atomic E-state index is 0.145. The Morgan fingerprint density at radius 3 is 2.31 bits per heavy atom. The number of nitrogens with zero attached hydrogens (tertiary/aromatic N) is 3. The highest BCUT2D eigenvalue weighted by Gasteiger charge is 2.21. The Bertz CT molecular complexity index is 1130. The van der Waals surface area contributed by atoms with E-state index in [0.29, 0.717) is 11.4 Å². The number of hydrogen-bond donors (Lipinski definition) is 3. The maximum Gasteiger partial charge on any atom is 0.273 e. The van der Waals surface area contributed by atoms with E-state index in [1.54, 1.807) is 18.3 Å². The van der Waals surface area contributed by atoms with Crippen LogP contribution in [0.1, 0.15) is 43.5 Å². The first kappa shape index (κ1) is 28.1. The van der Waals surface area contributed by atoms with Crippen molar-refractivity contribution in [3.63, 3.8) is 0 Å². The minimum Gasteiger partial charge on any atom is -0.497 e. The molecule has 9 nitrogen and oxygen atoms in total. The molecule has 0 unspecified atom stereocenters. The first-order valence-electron chi connectivity index (χ1n) is 11.2. The lowest BCUT2D eigenvalue weighted by Crippen LogP contribution is -2.31. The monoisotopic (exact) mass is 520 g/mol. The van der Waals surface area contributed by atoms with Crippen LogP contribution in [0.4, 0.5) is 11.5 Å². The molecule has 1 amide bonds. The highest BCUT2D eigenvalue weighted by atomic mass is 35.5. The fourth-order valence-electron chi connectivity index (χ4n) is 3.16. The molecule has 1 aromatic carbocycles. The van der Waals surface area contributed by atoms with E-state index < -0.39 is 11.5 Å². The van der Waals surface area contributed by atoms with Crippen LogP contribution in [0, 0.1) is 0 Å². The molecular weight excluding hydrogens is 491 g/mol. The number of halogens is 2. The van der Waals surface area contributed by atoms with Crippen molar-refractivity contribution in [2.24, 2.45) is 0 Å². The second kappa shape index (κ2) is 14.3. The minimum atomic E-state index is -0.729. The zero-order valence-corrected chi connectivity index (χ0v) is 21.5. The summed E-state index contributed by atoms with van der Waals surface area (Å²) in [5.74, 6) is -0.536. The van der Waals surface area contributed by atoms with E-state index in [1.165, 1.54) is 57.8 Å². The number of piperidine rings is 1. The second-order valence-corrected chi connectivity index (χ2v) is 7.94. The van der Waals surface area contributed by atoms with Crippen LogP contribution in [0.15, 0.2) is 47.8 Å². The van der Waals surface area contributed by atoms with Crippen LogP contribution in [0.2, 0.25) is 10.0 Å². The summed E-state index contributed by atoms with van der Waals surface area (Å²) in [7, 11) is 1.46. The molecule has 2 aromatic heterocycles. The lowest BCUT2D eigenvalue weighted by Gasteiger charge is -2.13. The molecule has 188 valence electrons. The number of anilines is 2. The van der Waals surface area contributed by atoms with Gasteiger partial charge in [0.1, 0.15) is 23.5 Å². The number of ether oxygens (including phenoxy) is 1. The van der Waals surface area contributed by atoms with E-state index in [-0.39, 0.29) is 27.1 Å². The third-order valence-electron chi connectivity index (χ3n) is 4.82. The maximum atomic E-state index is 12.9. The van der Waals surface area contributed by atoms with Crippen LogP contribution >= 0.6 is 23.2 Å². The van der Waals surface area contributed by atoms with E-state index in [0.717, 1.165) is 10.9 Å². The first-order chi connectivity index (χ1) is 16.9. The van der Waals surface area contributed by atoms with Gasteiger partial charge in [-0.15, -0.1) is 0 Å². The first-order valence-corrected chi connectivity index (χ1v) is 12.0. The Kier molecular flexibility index (Phi) is 11.5. The van der Waals surface area contributed by atoms with Gasteiger partial charge in [0.15, 0.2) is 0 Å². The maximum absolute atomic E-state index is 12.9. The fourth-order valence-corrected chi connectivity index (χ4v) is 3.81. The van der Waals surface area contributed by atoms with Gasteiger partial charge in [-0.05, 0) is 38.1 Å². The van der Waals surface area contributed by atoms with Crippen molar-refractivity contribution < 1.29 is 9.53 Å². The molecule has 1 fully saturated rings. The molecule has 4 N–H and O–H groups in total. The van der Waals surface area contributed by atoms with Crippen molar-refractivity contribution in [3.05, 3.63) is 68.9 Å². The van der Waals surface area contributed by atoms with Crippen LogP contribution in [0.25, 0.3) is 5.69 Å². The van der Waals surface area contributed by atoms with E-state index in [1.807, 2.05) is 13.8 Å². The van der Waals surface area contributed by atoms with Gasteiger partial charge in [0, 0.05) is 18.3 Å². The Labute approximate surface area is 214 Å². The second-order valence-electron chi connectivity index (χ2n) is 7.13. The SMILES string of the molecule is C1CCNCC1.CC.COc1cc(Cl)c(-n2cnc(N)c(C(=O)Nc3cccnc3)c2=O)c(Cl)c1. The van der Waals surface area contributed by atoms with E-state index in [9.17, 15) is 9.59 Å². The van der Waals surface area contributed by atoms with Crippen LogP contribution < -0.4 is 26.7 Å². The number of nitrogen functional groups attached to an aromatic ring is 1. The van der Waals surface area contributed by atoms with Crippen molar-refractivity contribution in [1.29, 1.82) is 0 Å². The highest BCUT2D eigenvalue weighted by Crippen LogP contribution is 2.32. The number of nitrogens with one attached hydrogen (secondary N) is 2. The summed E-state index contributed by atoms with van der Waals surface area (Å²) in [6.07, 6.45) is 8.35. The third kappa shape index (κ3) is 7.68. The summed E-state index contributed by atoms with van der Waals surface area (Å²) in [6, 6.07) is 6.23. The standard InChI is InChI=1S/C17H13Cl2N5O3.C5H11N.C2H6/c1-27-10-5-11(18)14(12(19)6-10)24-8-22-15(20)13(17(24)26)16(25)23-9-3-2-4-21-7-9;1-2-4-6-5-3-1;1-2/h2-8H,20H2,1H3,(H,23,25);6H,1-5H2;1-2H3. The number of pyridine rings is 1. The molecule has 0 atom stereocenters. The van der Waals surface area contributed by atoms with Gasteiger partial charge in [0.2, 0.25) is 0 Å². The van der Waals surface area contributed by atoms with Gasteiger partial charge in [-0.2, -0.15) is 0 Å². The number of carbonyl (C=O) groups is 1. The van der Waals surface area contributed by atoms with E-state index >= 15 is 0 Å².